The fourth-order valence-corrected chi connectivity index (χ4v) is 4.05. The van der Waals surface area contributed by atoms with Gasteiger partial charge in [0.1, 0.15) is 11.6 Å². The molecule has 0 aliphatic rings. The molecule has 10 heteroatoms. The Kier molecular flexibility index (Phi) is 9.84. The SMILES string of the molecule is COC(=O)c1ccc(NC(=O)/C(C#N)=C\c2cc(Br)c(OCC(=O)Nc3cc(C)ccc3C)c(OC)c2)cc1. The number of nitrogens with zero attached hydrogens (tertiary/aromatic N) is 1. The second-order valence-corrected chi connectivity index (χ2v) is 9.24. The van der Waals surface area contributed by atoms with Crippen LogP contribution in [0.4, 0.5) is 11.4 Å². The minimum atomic E-state index is -0.637. The number of benzene rings is 3. The van der Waals surface area contributed by atoms with Crippen molar-refractivity contribution in [1.82, 2.24) is 0 Å². The number of nitriles is 1. The molecule has 0 radical (unpaired) electrons. The Morgan fingerprint density at radius 1 is 1.00 bits per heavy atom. The molecule has 0 spiro atoms. The summed E-state index contributed by atoms with van der Waals surface area (Å²) in [6.07, 6.45) is 1.39. The van der Waals surface area contributed by atoms with Gasteiger partial charge in [-0.3, -0.25) is 9.59 Å². The van der Waals surface area contributed by atoms with Crippen molar-refractivity contribution in [3.63, 3.8) is 0 Å². The molecule has 0 fully saturated rings. The van der Waals surface area contributed by atoms with Gasteiger partial charge in [-0.1, -0.05) is 12.1 Å². The third-order valence-electron chi connectivity index (χ3n) is 5.51. The second-order valence-electron chi connectivity index (χ2n) is 8.38. The van der Waals surface area contributed by atoms with Crippen molar-refractivity contribution in [3.8, 4) is 17.6 Å². The monoisotopic (exact) mass is 591 g/mol. The van der Waals surface area contributed by atoms with E-state index in [-0.39, 0.29) is 18.1 Å². The van der Waals surface area contributed by atoms with Gasteiger partial charge in [0.15, 0.2) is 18.1 Å². The number of nitrogens with one attached hydrogen (secondary N) is 2. The number of ether oxygens (including phenoxy) is 3. The summed E-state index contributed by atoms with van der Waals surface area (Å²) in [5, 5.41) is 15.0. The molecule has 0 saturated carbocycles. The average Bonchev–Trinajstić information content (AvgIpc) is 2.92. The molecule has 0 saturated heterocycles. The van der Waals surface area contributed by atoms with E-state index in [1.165, 1.54) is 44.6 Å². The van der Waals surface area contributed by atoms with Crippen LogP contribution in [0.15, 0.2) is 64.6 Å². The van der Waals surface area contributed by atoms with Gasteiger partial charge in [-0.25, -0.2) is 4.79 Å². The number of hydrogen-bond donors (Lipinski definition) is 2. The molecule has 39 heavy (non-hydrogen) atoms. The number of amides is 2. The Morgan fingerprint density at radius 3 is 2.36 bits per heavy atom. The molecule has 2 N–H and O–H groups in total. The Balaban J connectivity index is 1.73. The van der Waals surface area contributed by atoms with E-state index in [9.17, 15) is 19.6 Å². The lowest BCUT2D eigenvalue weighted by atomic mass is 10.1. The van der Waals surface area contributed by atoms with Crippen molar-refractivity contribution in [2.75, 3.05) is 31.5 Å². The molecule has 0 aromatic heterocycles. The first-order valence-electron chi connectivity index (χ1n) is 11.6. The first-order chi connectivity index (χ1) is 18.6. The maximum Gasteiger partial charge on any atom is 0.337 e. The third kappa shape index (κ3) is 7.69. The first-order valence-corrected chi connectivity index (χ1v) is 12.4. The predicted molar refractivity (Wildman–Crippen MR) is 151 cm³/mol. The molecule has 2 amide bonds. The van der Waals surface area contributed by atoms with Gasteiger partial charge in [-0.2, -0.15) is 5.26 Å². The molecule has 0 aliphatic carbocycles. The van der Waals surface area contributed by atoms with Crippen LogP contribution in [0.5, 0.6) is 11.5 Å². The van der Waals surface area contributed by atoms with Gasteiger partial charge in [0.25, 0.3) is 11.8 Å². The molecule has 0 atom stereocenters. The quantitative estimate of drug-likeness (QED) is 0.193. The number of esters is 1. The highest BCUT2D eigenvalue weighted by Crippen LogP contribution is 2.37. The minimum absolute atomic E-state index is 0.164. The standard InChI is InChI=1S/C29H26BrN3O6/c1-17-5-6-18(2)24(11-17)33-26(34)16-39-27-23(30)13-19(14-25(27)37-3)12-21(15-31)28(35)32-22-9-7-20(8-10-22)29(36)38-4/h5-14H,16H2,1-4H3,(H,32,35)(H,33,34)/b21-12-. The van der Waals surface area contributed by atoms with Crippen LogP contribution in [0.2, 0.25) is 0 Å². The number of aryl methyl sites for hydroxylation is 2. The predicted octanol–water partition coefficient (Wildman–Crippen LogP) is 5.42. The van der Waals surface area contributed by atoms with Crippen LogP contribution in [-0.4, -0.2) is 38.6 Å². The van der Waals surface area contributed by atoms with E-state index in [1.54, 1.807) is 12.1 Å². The topological polar surface area (TPSA) is 127 Å². The molecule has 0 heterocycles. The number of hydrogen-bond acceptors (Lipinski definition) is 7. The molecular weight excluding hydrogens is 566 g/mol. The van der Waals surface area contributed by atoms with Crippen LogP contribution in [-0.2, 0) is 14.3 Å². The zero-order valence-corrected chi connectivity index (χ0v) is 23.3. The molecule has 0 aliphatic heterocycles. The average molecular weight is 592 g/mol. The zero-order valence-electron chi connectivity index (χ0n) is 21.8. The maximum absolute atomic E-state index is 12.7. The van der Waals surface area contributed by atoms with Gasteiger partial charge in [-0.05, 0) is 95.0 Å². The van der Waals surface area contributed by atoms with Crippen molar-refractivity contribution in [1.29, 1.82) is 5.26 Å². The van der Waals surface area contributed by atoms with Gasteiger partial charge in [0.05, 0.1) is 24.3 Å². The van der Waals surface area contributed by atoms with E-state index in [4.69, 9.17) is 9.47 Å². The minimum Gasteiger partial charge on any atom is -0.493 e. The smallest absolute Gasteiger partial charge is 0.337 e. The maximum atomic E-state index is 12.7. The Bertz CT molecular complexity index is 1480. The number of methoxy groups -OCH3 is 2. The van der Waals surface area contributed by atoms with Crippen LogP contribution >= 0.6 is 15.9 Å². The summed E-state index contributed by atoms with van der Waals surface area (Å²) in [7, 11) is 2.71. The van der Waals surface area contributed by atoms with Crippen molar-refractivity contribution >= 4 is 51.2 Å². The first kappa shape index (κ1) is 28.9. The van der Waals surface area contributed by atoms with Crippen molar-refractivity contribution in [2.45, 2.75) is 13.8 Å². The fraction of sp³-hybridized carbons (Fsp3) is 0.172. The highest BCUT2D eigenvalue weighted by molar-refractivity contribution is 9.10. The Hall–Kier alpha value is -4.62. The van der Waals surface area contributed by atoms with Gasteiger partial charge < -0.3 is 24.8 Å². The van der Waals surface area contributed by atoms with Crippen molar-refractivity contribution < 1.29 is 28.6 Å². The summed E-state index contributed by atoms with van der Waals surface area (Å²) >= 11 is 3.42. The van der Waals surface area contributed by atoms with Crippen LogP contribution < -0.4 is 20.1 Å². The summed E-state index contributed by atoms with van der Waals surface area (Å²) < 4.78 is 16.3. The summed E-state index contributed by atoms with van der Waals surface area (Å²) in [4.78, 5) is 36.8. The molecule has 3 aromatic rings. The Labute approximate surface area is 234 Å². The van der Waals surface area contributed by atoms with Crippen LogP contribution in [0.1, 0.15) is 27.0 Å². The molecular formula is C29H26BrN3O6. The second kappa shape index (κ2) is 13.3. The number of carbonyl (C=O) groups is 3. The van der Waals surface area contributed by atoms with Crippen LogP contribution in [0.3, 0.4) is 0 Å². The largest absolute Gasteiger partial charge is 0.493 e. The molecule has 9 nitrogen and oxygen atoms in total. The molecule has 3 rings (SSSR count). The number of anilines is 2. The highest BCUT2D eigenvalue weighted by Gasteiger charge is 2.16. The Morgan fingerprint density at radius 2 is 1.72 bits per heavy atom. The van der Waals surface area contributed by atoms with E-state index in [1.807, 2.05) is 38.1 Å². The van der Waals surface area contributed by atoms with E-state index in [0.29, 0.717) is 38.5 Å². The lowest BCUT2D eigenvalue weighted by Gasteiger charge is -2.14. The molecule has 0 bridgehead atoms. The van der Waals surface area contributed by atoms with Crippen LogP contribution in [0.25, 0.3) is 6.08 Å². The third-order valence-corrected chi connectivity index (χ3v) is 6.10. The van der Waals surface area contributed by atoms with E-state index in [0.717, 1.165) is 11.1 Å². The van der Waals surface area contributed by atoms with Gasteiger partial charge >= 0.3 is 5.97 Å². The number of carbonyl (C=O) groups excluding carboxylic acids is 3. The van der Waals surface area contributed by atoms with E-state index < -0.39 is 11.9 Å². The summed E-state index contributed by atoms with van der Waals surface area (Å²) in [6.45, 7) is 3.57. The fourth-order valence-electron chi connectivity index (χ4n) is 3.48. The molecule has 200 valence electrons. The zero-order chi connectivity index (χ0) is 28.5. The van der Waals surface area contributed by atoms with E-state index in [2.05, 4.69) is 31.3 Å². The van der Waals surface area contributed by atoms with Gasteiger partial charge in [0.2, 0.25) is 0 Å². The summed E-state index contributed by atoms with van der Waals surface area (Å²) in [6, 6.07) is 16.9. The number of rotatable bonds is 9. The molecule has 0 unspecified atom stereocenters. The van der Waals surface area contributed by atoms with E-state index >= 15 is 0 Å². The van der Waals surface area contributed by atoms with Gasteiger partial charge in [0, 0.05) is 11.4 Å². The lowest BCUT2D eigenvalue weighted by Crippen LogP contribution is -2.21. The molecule has 3 aromatic carbocycles. The lowest BCUT2D eigenvalue weighted by molar-refractivity contribution is -0.118. The van der Waals surface area contributed by atoms with Gasteiger partial charge in [-0.15, -0.1) is 0 Å². The number of halogens is 1. The summed E-state index contributed by atoms with van der Waals surface area (Å²) in [5.41, 5.74) is 3.70. The highest BCUT2D eigenvalue weighted by atomic mass is 79.9. The van der Waals surface area contributed by atoms with Crippen molar-refractivity contribution in [3.05, 3.63) is 86.9 Å². The summed E-state index contributed by atoms with van der Waals surface area (Å²) in [5.74, 6) is -0.892. The van der Waals surface area contributed by atoms with Crippen molar-refractivity contribution in [2.24, 2.45) is 0 Å². The normalized spacial score (nSPS) is 10.7. The van der Waals surface area contributed by atoms with Crippen LogP contribution in [0, 0.1) is 25.2 Å².